The molecule has 0 amide bonds. The molecule has 0 saturated carbocycles. The second kappa shape index (κ2) is 6.99. The van der Waals surface area contributed by atoms with E-state index in [-0.39, 0.29) is 10.3 Å². The number of aromatic nitrogens is 3. The molecule has 0 bridgehead atoms. The fourth-order valence-corrected chi connectivity index (χ4v) is 4.10. The molecule has 4 nitrogen and oxygen atoms in total. The number of nitrogens with one attached hydrogen (secondary N) is 1. The molecule has 2 aromatic heterocycles. The first-order chi connectivity index (χ1) is 13.3. The molecule has 0 unspecified atom stereocenters. The van der Waals surface area contributed by atoms with Gasteiger partial charge >= 0.3 is 0 Å². The Labute approximate surface area is 168 Å². The Bertz CT molecular complexity index is 1200. The van der Waals surface area contributed by atoms with Crippen molar-refractivity contribution in [2.75, 3.05) is 0 Å². The van der Waals surface area contributed by atoms with Gasteiger partial charge in [-0.05, 0) is 43.3 Å². The minimum absolute atomic E-state index is 0.0624. The van der Waals surface area contributed by atoms with E-state index in [0.29, 0.717) is 0 Å². The summed E-state index contributed by atoms with van der Waals surface area (Å²) in [6, 6.07) is 17.6. The lowest BCUT2D eigenvalue weighted by Crippen LogP contribution is -2.16. The van der Waals surface area contributed by atoms with Crippen LogP contribution >= 0.6 is 11.8 Å². The number of hydrogen-bond donors (Lipinski definition) is 1. The van der Waals surface area contributed by atoms with E-state index in [1.165, 1.54) is 4.90 Å². The number of pyridine rings is 1. The molecule has 4 rings (SSSR count). The van der Waals surface area contributed by atoms with Crippen molar-refractivity contribution in [2.45, 2.75) is 37.3 Å². The lowest BCUT2D eigenvalue weighted by molar-refractivity contribution is 0.803. The van der Waals surface area contributed by atoms with Gasteiger partial charge in [0.15, 0.2) is 0 Å². The van der Waals surface area contributed by atoms with E-state index >= 15 is 0 Å². The summed E-state index contributed by atoms with van der Waals surface area (Å²) in [5.41, 5.74) is 4.74. The van der Waals surface area contributed by atoms with E-state index in [1.54, 1.807) is 10.6 Å². The predicted molar refractivity (Wildman–Crippen MR) is 117 cm³/mol. The Hall–Kier alpha value is -2.79. The number of imidazole rings is 1. The van der Waals surface area contributed by atoms with Crippen molar-refractivity contribution in [3.63, 3.8) is 0 Å². The van der Waals surface area contributed by atoms with Crippen molar-refractivity contribution in [3.05, 3.63) is 76.7 Å². The molecule has 2 heterocycles. The molecule has 28 heavy (non-hydrogen) atoms. The fourth-order valence-electron chi connectivity index (χ4n) is 3.08. The van der Waals surface area contributed by atoms with Gasteiger partial charge in [-0.25, -0.2) is 4.98 Å². The SMILES string of the molecule is Cc1ccc(-n2cc(-c3nc4ccc(SC(C)(C)C)cc4[nH]3)ccc2=O)cc1. The summed E-state index contributed by atoms with van der Waals surface area (Å²) in [6.07, 6.45) is 1.84. The van der Waals surface area contributed by atoms with Gasteiger partial charge in [-0.3, -0.25) is 9.36 Å². The molecular weight excluding hydrogens is 366 g/mol. The predicted octanol–water partition coefficient (Wildman–Crippen LogP) is 5.58. The van der Waals surface area contributed by atoms with Gasteiger partial charge in [-0.2, -0.15) is 0 Å². The molecule has 4 aromatic rings. The van der Waals surface area contributed by atoms with Crippen LogP contribution in [0.15, 0.2) is 70.5 Å². The molecule has 0 saturated heterocycles. The van der Waals surface area contributed by atoms with Crippen LogP contribution in [0.1, 0.15) is 26.3 Å². The fraction of sp³-hybridized carbons (Fsp3) is 0.217. The van der Waals surface area contributed by atoms with E-state index in [0.717, 1.165) is 33.7 Å². The van der Waals surface area contributed by atoms with Crippen molar-refractivity contribution in [1.82, 2.24) is 14.5 Å². The summed E-state index contributed by atoms with van der Waals surface area (Å²) < 4.78 is 1.81. The Balaban J connectivity index is 1.74. The first-order valence-electron chi connectivity index (χ1n) is 9.27. The van der Waals surface area contributed by atoms with Crippen LogP contribution < -0.4 is 5.56 Å². The van der Waals surface area contributed by atoms with E-state index in [4.69, 9.17) is 4.98 Å². The molecule has 2 aromatic carbocycles. The summed E-state index contributed by atoms with van der Waals surface area (Å²) in [7, 11) is 0. The molecule has 0 aliphatic carbocycles. The zero-order chi connectivity index (χ0) is 19.9. The second-order valence-electron chi connectivity index (χ2n) is 7.94. The van der Waals surface area contributed by atoms with Gasteiger partial charge in [0.1, 0.15) is 5.82 Å². The summed E-state index contributed by atoms with van der Waals surface area (Å²) in [6.45, 7) is 8.64. The largest absolute Gasteiger partial charge is 0.338 e. The lowest BCUT2D eigenvalue weighted by atomic mass is 10.2. The molecular formula is C23H23N3OS. The molecule has 0 atom stereocenters. The zero-order valence-corrected chi connectivity index (χ0v) is 17.3. The third-order valence-electron chi connectivity index (χ3n) is 4.37. The Morgan fingerprint density at radius 1 is 1.00 bits per heavy atom. The number of hydrogen-bond acceptors (Lipinski definition) is 3. The average molecular weight is 390 g/mol. The van der Waals surface area contributed by atoms with Crippen LogP contribution in [0, 0.1) is 6.92 Å². The smallest absolute Gasteiger partial charge is 0.255 e. The maximum Gasteiger partial charge on any atom is 0.255 e. The third-order valence-corrected chi connectivity index (χ3v) is 5.48. The van der Waals surface area contributed by atoms with E-state index in [2.05, 4.69) is 37.9 Å². The Morgan fingerprint density at radius 3 is 2.46 bits per heavy atom. The van der Waals surface area contributed by atoms with Gasteiger partial charge in [-0.15, -0.1) is 11.8 Å². The molecule has 0 fully saturated rings. The van der Waals surface area contributed by atoms with E-state index in [9.17, 15) is 4.79 Å². The quantitative estimate of drug-likeness (QED) is 0.465. The van der Waals surface area contributed by atoms with Gasteiger partial charge in [-0.1, -0.05) is 38.5 Å². The minimum atomic E-state index is -0.0624. The highest BCUT2D eigenvalue weighted by Crippen LogP contribution is 2.33. The topological polar surface area (TPSA) is 50.7 Å². The number of nitrogens with zero attached hydrogens (tertiary/aromatic N) is 2. The average Bonchev–Trinajstić information content (AvgIpc) is 3.05. The highest BCUT2D eigenvalue weighted by Gasteiger charge is 2.14. The van der Waals surface area contributed by atoms with Gasteiger partial charge in [0.25, 0.3) is 5.56 Å². The van der Waals surface area contributed by atoms with E-state index < -0.39 is 0 Å². The summed E-state index contributed by atoms with van der Waals surface area (Å²) in [5, 5.41) is 0. The highest BCUT2D eigenvalue weighted by atomic mass is 32.2. The molecule has 0 aliphatic rings. The Morgan fingerprint density at radius 2 is 1.75 bits per heavy atom. The van der Waals surface area contributed by atoms with Crippen molar-refractivity contribution in [3.8, 4) is 17.1 Å². The molecule has 0 aliphatic heterocycles. The van der Waals surface area contributed by atoms with Crippen molar-refractivity contribution in [2.24, 2.45) is 0 Å². The maximum atomic E-state index is 12.4. The number of rotatable bonds is 3. The van der Waals surface area contributed by atoms with Crippen molar-refractivity contribution >= 4 is 22.8 Å². The normalized spacial score (nSPS) is 11.9. The van der Waals surface area contributed by atoms with Crippen LogP contribution in [0.3, 0.4) is 0 Å². The molecule has 0 radical (unpaired) electrons. The summed E-state index contributed by atoms with van der Waals surface area (Å²) in [5.74, 6) is 0.758. The molecule has 0 spiro atoms. The van der Waals surface area contributed by atoms with Crippen LogP contribution in [0.2, 0.25) is 0 Å². The second-order valence-corrected chi connectivity index (χ2v) is 9.84. The van der Waals surface area contributed by atoms with Gasteiger partial charge in [0.2, 0.25) is 0 Å². The summed E-state index contributed by atoms with van der Waals surface area (Å²) >= 11 is 1.83. The number of thioether (sulfide) groups is 1. The Kier molecular flexibility index (Phi) is 4.63. The van der Waals surface area contributed by atoms with Crippen molar-refractivity contribution in [1.29, 1.82) is 0 Å². The van der Waals surface area contributed by atoms with Gasteiger partial charge in [0, 0.05) is 33.2 Å². The number of aryl methyl sites for hydroxylation is 1. The zero-order valence-electron chi connectivity index (χ0n) is 16.5. The first kappa shape index (κ1) is 18.6. The highest BCUT2D eigenvalue weighted by molar-refractivity contribution is 8.00. The van der Waals surface area contributed by atoms with Crippen molar-refractivity contribution < 1.29 is 0 Å². The molecule has 1 N–H and O–H groups in total. The lowest BCUT2D eigenvalue weighted by Gasteiger charge is -2.17. The maximum absolute atomic E-state index is 12.4. The monoisotopic (exact) mass is 389 g/mol. The van der Waals surface area contributed by atoms with Gasteiger partial charge < -0.3 is 4.98 Å². The number of H-pyrrole nitrogens is 1. The first-order valence-corrected chi connectivity index (χ1v) is 10.1. The number of aromatic amines is 1. The minimum Gasteiger partial charge on any atom is -0.338 e. The van der Waals surface area contributed by atoms with Crippen LogP contribution in [0.5, 0.6) is 0 Å². The number of fused-ring (bicyclic) bond motifs is 1. The molecule has 142 valence electrons. The molecule has 5 heteroatoms. The third kappa shape index (κ3) is 3.90. The standard InChI is InChI=1S/C23H23N3OS/c1-15-5-8-17(9-6-15)26-14-16(7-12-21(26)27)22-24-19-11-10-18(13-20(19)25-22)28-23(2,3)4/h5-14H,1-4H3,(H,24,25). The van der Waals surface area contributed by atoms with Crippen LogP contribution in [0.25, 0.3) is 28.1 Å². The van der Waals surface area contributed by atoms with Crippen LogP contribution in [-0.4, -0.2) is 19.3 Å². The number of benzene rings is 2. The van der Waals surface area contributed by atoms with Gasteiger partial charge in [0.05, 0.1) is 11.0 Å². The van der Waals surface area contributed by atoms with Crippen LogP contribution in [0.4, 0.5) is 0 Å². The van der Waals surface area contributed by atoms with E-state index in [1.807, 2.05) is 61.3 Å². The summed E-state index contributed by atoms with van der Waals surface area (Å²) in [4.78, 5) is 21.7. The van der Waals surface area contributed by atoms with Crippen LogP contribution in [-0.2, 0) is 0 Å².